The summed E-state index contributed by atoms with van der Waals surface area (Å²) in [6, 6.07) is 0. The van der Waals surface area contributed by atoms with Gasteiger partial charge in [0, 0.05) is 0 Å². The minimum atomic E-state index is 0. The predicted molar refractivity (Wildman–Crippen MR) is 67.2 cm³/mol. The van der Waals surface area contributed by atoms with Crippen LogP contribution in [0.1, 0.15) is 61.3 Å². The number of hydrogen-bond donors (Lipinski definition) is 0. The Hall–Kier alpha value is 0.714. The van der Waals surface area contributed by atoms with Crippen LogP contribution < -0.4 is 0 Å². The molecule has 14 heavy (non-hydrogen) atoms. The molecule has 0 nitrogen and oxygen atoms in total. The molecule has 0 saturated carbocycles. The summed E-state index contributed by atoms with van der Waals surface area (Å²) in [6.07, 6.45) is 8.28. The predicted octanol–water partition coefficient (Wildman–Crippen LogP) is 5.31. The van der Waals surface area contributed by atoms with E-state index in [9.17, 15) is 0 Å². The van der Waals surface area contributed by atoms with Crippen molar-refractivity contribution < 1.29 is 21.7 Å². The first-order valence-electron chi connectivity index (χ1n) is 5.17. The van der Waals surface area contributed by atoms with E-state index in [1.165, 1.54) is 6.42 Å². The molecular weight excluding hydrogens is 204 g/mol. The maximum atomic E-state index is 3.60. The number of hydrogen-bond acceptors (Lipinski definition) is 0. The van der Waals surface area contributed by atoms with E-state index in [0.29, 0.717) is 0 Å². The van der Waals surface area contributed by atoms with Gasteiger partial charge in [-0.2, -0.15) is 48.0 Å². The van der Waals surface area contributed by atoms with Crippen molar-refractivity contribution in [3.05, 3.63) is 26.2 Å². The molecule has 0 fully saturated rings. The van der Waals surface area contributed by atoms with Crippen molar-refractivity contribution >= 4 is 0 Å². The van der Waals surface area contributed by atoms with Crippen LogP contribution in [0.4, 0.5) is 0 Å². The molecule has 0 radical (unpaired) electrons. The van der Waals surface area contributed by atoms with Crippen LogP contribution in [0, 0.1) is 26.2 Å². The molecule has 0 aromatic rings. The maximum Gasteiger partial charge on any atom is 4.00 e. The maximum absolute atomic E-state index is 3.60. The van der Waals surface area contributed by atoms with Crippen molar-refractivity contribution in [3.63, 3.8) is 0 Å². The quantitative estimate of drug-likeness (QED) is 0.426. The SMILES string of the molecule is C[CH-]C.C[CH-]C.C[CH-]C.[CH2-]CCC.[Ti+4]. The van der Waals surface area contributed by atoms with Gasteiger partial charge < -0.3 is 26.2 Å². The van der Waals surface area contributed by atoms with Gasteiger partial charge in [0.15, 0.2) is 0 Å². The topological polar surface area (TPSA) is 0 Å². The van der Waals surface area contributed by atoms with Crippen LogP contribution in [0.15, 0.2) is 0 Å². The average molecular weight is 234 g/mol. The van der Waals surface area contributed by atoms with Crippen molar-refractivity contribution in [3.8, 4) is 0 Å². The van der Waals surface area contributed by atoms with Gasteiger partial charge in [0.2, 0.25) is 0 Å². The third kappa shape index (κ3) is 594. The van der Waals surface area contributed by atoms with Crippen LogP contribution in [-0.2, 0) is 21.7 Å². The molecule has 0 saturated heterocycles. The molecular formula is C13H30Ti. The number of rotatable bonds is 1. The van der Waals surface area contributed by atoms with Gasteiger partial charge in [0.05, 0.1) is 0 Å². The van der Waals surface area contributed by atoms with Gasteiger partial charge in [0.1, 0.15) is 0 Å². The third-order valence-electron chi connectivity index (χ3n) is 0.354. The smallest absolute Gasteiger partial charge is 0.343 e. The van der Waals surface area contributed by atoms with Crippen LogP contribution in [0.5, 0.6) is 0 Å². The van der Waals surface area contributed by atoms with Gasteiger partial charge in [-0.05, 0) is 0 Å². The summed E-state index contributed by atoms with van der Waals surface area (Å²) in [5.41, 5.74) is 0. The zero-order valence-corrected chi connectivity index (χ0v) is 12.9. The second kappa shape index (κ2) is 67.9. The van der Waals surface area contributed by atoms with Crippen LogP contribution >= 0.6 is 0 Å². The molecule has 0 aliphatic carbocycles. The van der Waals surface area contributed by atoms with Crippen LogP contribution in [0.3, 0.4) is 0 Å². The van der Waals surface area contributed by atoms with Gasteiger partial charge >= 0.3 is 21.7 Å². The van der Waals surface area contributed by atoms with E-state index >= 15 is 0 Å². The second-order valence-electron chi connectivity index (χ2n) is 2.59. The summed E-state index contributed by atoms with van der Waals surface area (Å²) in [5, 5.41) is 0. The Balaban J connectivity index is -0.0000000254. The minimum absolute atomic E-state index is 0. The molecule has 86 valence electrons. The molecule has 0 aromatic heterocycles. The molecule has 0 aliphatic rings. The van der Waals surface area contributed by atoms with Crippen LogP contribution in [0.25, 0.3) is 0 Å². The van der Waals surface area contributed by atoms with Crippen molar-refractivity contribution in [2.45, 2.75) is 61.3 Å². The summed E-state index contributed by atoms with van der Waals surface area (Å²) >= 11 is 0. The van der Waals surface area contributed by atoms with Gasteiger partial charge in [0.25, 0.3) is 0 Å². The Bertz CT molecular complexity index is 21.7. The Morgan fingerprint density at radius 2 is 0.857 bits per heavy atom. The van der Waals surface area contributed by atoms with Crippen molar-refractivity contribution in [2.75, 3.05) is 0 Å². The molecule has 0 amide bonds. The normalized spacial score (nSPS) is 6.00. The summed E-state index contributed by atoms with van der Waals surface area (Å²) < 4.78 is 0. The van der Waals surface area contributed by atoms with Crippen molar-refractivity contribution in [1.82, 2.24) is 0 Å². The van der Waals surface area contributed by atoms with Gasteiger partial charge in [-0.3, -0.25) is 0 Å². The Labute approximate surface area is 109 Å². The summed E-state index contributed by atoms with van der Waals surface area (Å²) in [4.78, 5) is 0. The molecule has 0 aromatic carbocycles. The van der Waals surface area contributed by atoms with Gasteiger partial charge in [-0.15, -0.1) is 0 Å². The van der Waals surface area contributed by atoms with E-state index in [1.54, 1.807) is 0 Å². The molecule has 0 bridgehead atoms. The first-order chi connectivity index (χ1) is 6.16. The van der Waals surface area contributed by atoms with Crippen LogP contribution in [-0.4, -0.2) is 0 Å². The molecule has 1 heteroatoms. The molecule has 0 aliphatic heterocycles. The first-order valence-corrected chi connectivity index (χ1v) is 5.17. The van der Waals surface area contributed by atoms with E-state index in [2.05, 4.69) is 13.8 Å². The fourth-order valence-corrected chi connectivity index (χ4v) is 0. The number of unbranched alkanes of at least 4 members (excludes halogenated alkanes) is 1. The van der Waals surface area contributed by atoms with Crippen molar-refractivity contribution in [2.24, 2.45) is 0 Å². The monoisotopic (exact) mass is 234 g/mol. The van der Waals surface area contributed by atoms with E-state index in [0.717, 1.165) is 6.42 Å². The fraction of sp³-hybridized carbons (Fsp3) is 0.692. The average Bonchev–Trinajstić information content (AvgIpc) is 2.08. The first kappa shape index (κ1) is 29.3. The molecule has 0 N–H and O–H groups in total. The summed E-state index contributed by atoms with van der Waals surface area (Å²) in [5.74, 6) is 0. The largest absolute Gasteiger partial charge is 4.00 e. The van der Waals surface area contributed by atoms with E-state index < -0.39 is 0 Å². The second-order valence-corrected chi connectivity index (χ2v) is 2.59. The van der Waals surface area contributed by atoms with Crippen molar-refractivity contribution in [1.29, 1.82) is 0 Å². The van der Waals surface area contributed by atoms with Gasteiger partial charge in [-0.25, -0.2) is 0 Å². The molecule has 0 spiro atoms. The molecule has 0 unspecified atom stereocenters. The summed E-state index contributed by atoms with van der Waals surface area (Å²) in [6.45, 7) is 17.7. The Morgan fingerprint density at radius 3 is 0.857 bits per heavy atom. The van der Waals surface area contributed by atoms with E-state index in [-0.39, 0.29) is 21.7 Å². The summed E-state index contributed by atoms with van der Waals surface area (Å²) in [7, 11) is 0. The Kier molecular flexibility index (Phi) is 142. The Morgan fingerprint density at radius 1 is 0.786 bits per heavy atom. The third-order valence-corrected chi connectivity index (χ3v) is 0.354. The fourth-order valence-electron chi connectivity index (χ4n) is 0. The van der Waals surface area contributed by atoms with E-state index in [1.807, 2.05) is 60.8 Å². The molecule has 0 heterocycles. The molecule has 0 rings (SSSR count). The minimum Gasteiger partial charge on any atom is -0.343 e. The molecule has 0 atom stereocenters. The van der Waals surface area contributed by atoms with E-state index in [4.69, 9.17) is 0 Å². The zero-order chi connectivity index (χ0) is 11.5. The standard InChI is InChI=1S/C4H9.3C3H7.Ti/c1-3-4-2;3*1-3-2;/h1,3-4H2,2H3;3*3H,1-2H3;/q4*-1;+4. The van der Waals surface area contributed by atoms with Crippen LogP contribution in [0.2, 0.25) is 0 Å². The van der Waals surface area contributed by atoms with Gasteiger partial charge in [-0.1, -0.05) is 13.3 Å². The zero-order valence-electron chi connectivity index (χ0n) is 11.4.